The van der Waals surface area contributed by atoms with E-state index in [0.29, 0.717) is 58.3 Å². The van der Waals surface area contributed by atoms with Gasteiger partial charge in [0.1, 0.15) is 22.7 Å². The second-order valence-electron chi connectivity index (χ2n) is 7.30. The van der Waals surface area contributed by atoms with E-state index >= 15 is 0 Å². The van der Waals surface area contributed by atoms with Crippen LogP contribution in [0.3, 0.4) is 0 Å². The normalized spacial score (nSPS) is 13.9. The summed E-state index contributed by atoms with van der Waals surface area (Å²) in [6, 6.07) is 7.18. The molecule has 0 radical (unpaired) electrons. The molecule has 0 atom stereocenters. The van der Waals surface area contributed by atoms with Gasteiger partial charge in [-0.25, -0.2) is 4.98 Å². The molecule has 1 fully saturated rings. The molecule has 0 saturated carbocycles. The minimum atomic E-state index is -0.375. The Hall–Kier alpha value is -3.17. The van der Waals surface area contributed by atoms with E-state index in [-0.39, 0.29) is 5.91 Å². The second kappa shape index (κ2) is 8.91. The summed E-state index contributed by atoms with van der Waals surface area (Å²) in [4.78, 5) is 26.2. The number of rotatable bonds is 5. The highest BCUT2D eigenvalue weighted by Crippen LogP contribution is 2.32. The zero-order valence-corrected chi connectivity index (χ0v) is 18.3. The van der Waals surface area contributed by atoms with Gasteiger partial charge in [0.25, 0.3) is 5.91 Å². The van der Waals surface area contributed by atoms with Gasteiger partial charge in [-0.05, 0) is 13.0 Å². The summed E-state index contributed by atoms with van der Waals surface area (Å²) in [6.45, 7) is 4.40. The number of halogens is 1. The van der Waals surface area contributed by atoms with Crippen molar-refractivity contribution in [2.24, 2.45) is 0 Å². The number of nitrogens with one attached hydrogen (secondary N) is 1. The van der Waals surface area contributed by atoms with Gasteiger partial charge in [-0.3, -0.25) is 4.79 Å². The summed E-state index contributed by atoms with van der Waals surface area (Å²) < 4.78 is 10.7. The van der Waals surface area contributed by atoms with Crippen molar-refractivity contribution in [1.82, 2.24) is 15.1 Å². The predicted octanol–water partition coefficient (Wildman–Crippen LogP) is 3.25. The monoisotopic (exact) mass is 442 g/mol. The van der Waals surface area contributed by atoms with Gasteiger partial charge in [-0.15, -0.1) is 0 Å². The minimum Gasteiger partial charge on any atom is -0.378 e. The summed E-state index contributed by atoms with van der Waals surface area (Å²) in [5, 5.41) is 7.45. The summed E-state index contributed by atoms with van der Waals surface area (Å²) in [5.74, 6) is 1.21. The Morgan fingerprint density at radius 2 is 1.97 bits per heavy atom. The molecule has 162 valence electrons. The van der Waals surface area contributed by atoms with Gasteiger partial charge in [-0.2, -0.15) is 4.98 Å². The van der Waals surface area contributed by atoms with Crippen molar-refractivity contribution in [2.75, 3.05) is 55.5 Å². The van der Waals surface area contributed by atoms with E-state index in [1.807, 2.05) is 31.1 Å². The van der Waals surface area contributed by atoms with E-state index in [0.717, 1.165) is 13.1 Å². The Labute approximate surface area is 185 Å². The van der Waals surface area contributed by atoms with Crippen molar-refractivity contribution < 1.29 is 14.1 Å². The first-order valence-electron chi connectivity index (χ1n) is 9.85. The maximum absolute atomic E-state index is 13.2. The SMILES string of the molecule is Cc1onc(-c2ccccc2Cl)c1C(=O)Nc1cnc(N2CCOCC2)nc1N(C)C. The third-order valence-corrected chi connectivity index (χ3v) is 5.27. The average molecular weight is 443 g/mol. The number of anilines is 3. The molecule has 0 bridgehead atoms. The van der Waals surface area contributed by atoms with Crippen LogP contribution in [-0.2, 0) is 4.74 Å². The van der Waals surface area contributed by atoms with Gasteiger partial charge >= 0.3 is 0 Å². The summed E-state index contributed by atoms with van der Waals surface area (Å²) in [7, 11) is 3.72. The van der Waals surface area contributed by atoms with Gasteiger partial charge in [-0.1, -0.05) is 35.0 Å². The van der Waals surface area contributed by atoms with E-state index in [9.17, 15) is 4.79 Å². The van der Waals surface area contributed by atoms with E-state index < -0.39 is 0 Å². The topological polar surface area (TPSA) is 96.6 Å². The van der Waals surface area contributed by atoms with E-state index in [1.165, 1.54) is 0 Å². The lowest BCUT2D eigenvalue weighted by Crippen LogP contribution is -2.37. The Kier molecular flexibility index (Phi) is 6.06. The molecule has 3 aromatic rings. The lowest BCUT2D eigenvalue weighted by Gasteiger charge is -2.28. The third kappa shape index (κ3) is 4.33. The molecule has 0 unspecified atom stereocenters. The maximum atomic E-state index is 13.2. The van der Waals surface area contributed by atoms with Gasteiger partial charge in [0.15, 0.2) is 5.82 Å². The fraction of sp³-hybridized carbons (Fsp3) is 0.333. The van der Waals surface area contributed by atoms with Crippen LogP contribution in [-0.4, -0.2) is 61.4 Å². The zero-order valence-electron chi connectivity index (χ0n) is 17.6. The summed E-state index contributed by atoms with van der Waals surface area (Å²) in [5.41, 5.74) is 1.81. The Morgan fingerprint density at radius 3 is 2.68 bits per heavy atom. The first-order valence-corrected chi connectivity index (χ1v) is 10.2. The molecule has 0 spiro atoms. The molecule has 1 aromatic carbocycles. The van der Waals surface area contributed by atoms with Crippen LogP contribution in [0.4, 0.5) is 17.5 Å². The van der Waals surface area contributed by atoms with Crippen molar-refractivity contribution >= 4 is 35.0 Å². The molecule has 3 heterocycles. The fourth-order valence-electron chi connectivity index (χ4n) is 3.37. The van der Waals surface area contributed by atoms with Gasteiger partial charge in [0.2, 0.25) is 5.95 Å². The van der Waals surface area contributed by atoms with Crippen LogP contribution in [0.2, 0.25) is 5.02 Å². The molecule has 0 aliphatic carbocycles. The number of morpholine rings is 1. The second-order valence-corrected chi connectivity index (χ2v) is 7.70. The van der Waals surface area contributed by atoms with Crippen LogP contribution in [0.1, 0.15) is 16.1 Å². The highest BCUT2D eigenvalue weighted by atomic mass is 35.5. The number of aryl methyl sites for hydroxylation is 1. The molecule has 10 heteroatoms. The predicted molar refractivity (Wildman–Crippen MR) is 119 cm³/mol. The summed E-state index contributed by atoms with van der Waals surface area (Å²) in [6.07, 6.45) is 1.61. The molecular formula is C21H23ClN6O3. The van der Waals surface area contributed by atoms with Crippen LogP contribution in [0.15, 0.2) is 35.0 Å². The number of ether oxygens (including phenoxy) is 1. The lowest BCUT2D eigenvalue weighted by molar-refractivity contribution is 0.102. The van der Waals surface area contributed by atoms with Crippen molar-refractivity contribution in [3.63, 3.8) is 0 Å². The number of aromatic nitrogens is 3. The van der Waals surface area contributed by atoms with Crippen LogP contribution in [0.25, 0.3) is 11.3 Å². The number of hydrogen-bond donors (Lipinski definition) is 1. The lowest BCUT2D eigenvalue weighted by atomic mass is 10.1. The van der Waals surface area contributed by atoms with Crippen molar-refractivity contribution in [3.8, 4) is 11.3 Å². The molecule has 9 nitrogen and oxygen atoms in total. The van der Waals surface area contributed by atoms with Gasteiger partial charge < -0.3 is 24.4 Å². The third-order valence-electron chi connectivity index (χ3n) is 4.94. The maximum Gasteiger partial charge on any atom is 0.261 e. The largest absolute Gasteiger partial charge is 0.378 e. The average Bonchev–Trinajstić information content (AvgIpc) is 3.16. The molecular weight excluding hydrogens is 420 g/mol. The first-order chi connectivity index (χ1) is 15.0. The molecule has 31 heavy (non-hydrogen) atoms. The summed E-state index contributed by atoms with van der Waals surface area (Å²) >= 11 is 6.31. The quantitative estimate of drug-likeness (QED) is 0.643. The highest BCUT2D eigenvalue weighted by molar-refractivity contribution is 6.33. The zero-order chi connectivity index (χ0) is 22.0. The molecule has 1 amide bonds. The van der Waals surface area contributed by atoms with Crippen LogP contribution < -0.4 is 15.1 Å². The van der Waals surface area contributed by atoms with Gasteiger partial charge in [0, 0.05) is 32.7 Å². The number of benzene rings is 1. The fourth-order valence-corrected chi connectivity index (χ4v) is 3.60. The van der Waals surface area contributed by atoms with Crippen LogP contribution in [0.5, 0.6) is 0 Å². The Morgan fingerprint density at radius 1 is 1.23 bits per heavy atom. The minimum absolute atomic E-state index is 0.315. The van der Waals surface area contributed by atoms with Gasteiger partial charge in [0.05, 0.1) is 24.4 Å². The molecule has 2 aromatic heterocycles. The number of amides is 1. The molecule has 1 aliphatic heterocycles. The number of hydrogen-bond acceptors (Lipinski definition) is 8. The number of carbonyl (C=O) groups excluding carboxylic acids is 1. The molecule has 1 aliphatic rings. The standard InChI is InChI=1S/C21H23ClN6O3/c1-13-17(18(26-31-13)14-6-4-5-7-15(14)22)20(29)24-16-12-23-21(25-19(16)27(2)3)28-8-10-30-11-9-28/h4-7,12H,8-11H2,1-3H3,(H,24,29). The molecule has 4 rings (SSSR count). The Bertz CT molecular complexity index is 1090. The molecule has 1 N–H and O–H groups in total. The van der Waals surface area contributed by atoms with E-state index in [4.69, 9.17) is 20.9 Å². The van der Waals surface area contributed by atoms with E-state index in [1.54, 1.807) is 25.3 Å². The van der Waals surface area contributed by atoms with E-state index in [2.05, 4.69) is 25.3 Å². The number of carbonyl (C=O) groups is 1. The van der Waals surface area contributed by atoms with Crippen molar-refractivity contribution in [3.05, 3.63) is 46.8 Å². The van der Waals surface area contributed by atoms with Crippen molar-refractivity contribution in [1.29, 1.82) is 0 Å². The van der Waals surface area contributed by atoms with Crippen LogP contribution in [0, 0.1) is 6.92 Å². The Balaban J connectivity index is 1.65. The number of nitrogens with zero attached hydrogens (tertiary/aromatic N) is 5. The smallest absolute Gasteiger partial charge is 0.261 e. The van der Waals surface area contributed by atoms with Crippen molar-refractivity contribution in [2.45, 2.75) is 6.92 Å². The molecule has 1 saturated heterocycles. The highest BCUT2D eigenvalue weighted by Gasteiger charge is 2.25. The first kappa shape index (κ1) is 21.1. The van der Waals surface area contributed by atoms with Crippen LogP contribution >= 0.6 is 11.6 Å².